The first-order valence-electron chi connectivity index (χ1n) is 10.1. The van der Waals surface area contributed by atoms with Crippen molar-refractivity contribution < 1.29 is 17.9 Å². The molecule has 7 nitrogen and oxygen atoms in total. The number of carbonyl (C=O) groups excluding carboxylic acids is 1. The van der Waals surface area contributed by atoms with E-state index in [0.717, 1.165) is 24.9 Å². The van der Waals surface area contributed by atoms with E-state index in [1.807, 2.05) is 24.1 Å². The first-order valence-corrected chi connectivity index (χ1v) is 12.0. The van der Waals surface area contributed by atoms with Crippen LogP contribution in [0.25, 0.3) is 0 Å². The van der Waals surface area contributed by atoms with E-state index < -0.39 is 15.7 Å². The van der Waals surface area contributed by atoms with Gasteiger partial charge in [-0.05, 0) is 56.6 Å². The summed E-state index contributed by atoms with van der Waals surface area (Å²) in [6, 6.07) is 9.68. The summed E-state index contributed by atoms with van der Waals surface area (Å²) in [7, 11) is -1.69. The molecule has 0 spiro atoms. The van der Waals surface area contributed by atoms with Crippen molar-refractivity contribution in [2.45, 2.75) is 42.7 Å². The number of pyridine rings is 1. The van der Waals surface area contributed by atoms with E-state index in [1.54, 1.807) is 18.5 Å². The molecule has 0 saturated carbocycles. The molecule has 0 aliphatic carbocycles. The molecule has 1 fully saturated rings. The number of allylic oxidation sites excluding steroid dienone is 1. The summed E-state index contributed by atoms with van der Waals surface area (Å²) in [6.45, 7) is 0.846. The molecule has 0 radical (unpaired) electrons. The third-order valence-electron chi connectivity index (χ3n) is 5.24. The van der Waals surface area contributed by atoms with Crippen molar-refractivity contribution in [1.29, 1.82) is 0 Å². The smallest absolute Gasteiger partial charge is 0.307 e. The molecule has 2 heterocycles. The van der Waals surface area contributed by atoms with Crippen LogP contribution in [0.4, 0.5) is 0 Å². The second-order valence-electron chi connectivity index (χ2n) is 7.40. The predicted molar refractivity (Wildman–Crippen MR) is 119 cm³/mol. The lowest BCUT2D eigenvalue weighted by molar-refractivity contribution is -0.179. The molecule has 1 atom stereocenters. The molecule has 1 saturated heterocycles. The van der Waals surface area contributed by atoms with Crippen LogP contribution in [0.2, 0.25) is 5.02 Å². The second kappa shape index (κ2) is 10.3. The van der Waals surface area contributed by atoms with Crippen LogP contribution < -0.4 is 4.72 Å². The summed E-state index contributed by atoms with van der Waals surface area (Å²) in [5, 5.41) is 0.468. The molecule has 1 aromatic carbocycles. The van der Waals surface area contributed by atoms with Gasteiger partial charge in [0.05, 0.1) is 4.90 Å². The van der Waals surface area contributed by atoms with Crippen molar-refractivity contribution in [3.63, 3.8) is 0 Å². The minimum absolute atomic E-state index is 0.131. The highest BCUT2D eigenvalue weighted by Gasteiger charge is 2.44. The SMILES string of the molecule is CN1CCCC1(OC(=O)CCCC=CNS(=O)(=O)c1ccc(Cl)cc1)c1cccnc1. The lowest BCUT2D eigenvalue weighted by atomic mass is 10.0. The Labute approximate surface area is 188 Å². The minimum Gasteiger partial charge on any atom is -0.439 e. The number of esters is 1. The zero-order valence-corrected chi connectivity index (χ0v) is 18.9. The molecule has 3 rings (SSSR count). The molecule has 9 heteroatoms. The Morgan fingerprint density at radius 2 is 2.10 bits per heavy atom. The van der Waals surface area contributed by atoms with Crippen LogP contribution >= 0.6 is 11.6 Å². The van der Waals surface area contributed by atoms with E-state index >= 15 is 0 Å². The molecule has 1 unspecified atom stereocenters. The molecule has 31 heavy (non-hydrogen) atoms. The van der Waals surface area contributed by atoms with Gasteiger partial charge >= 0.3 is 5.97 Å². The molecule has 0 bridgehead atoms. The van der Waals surface area contributed by atoms with Crippen molar-refractivity contribution in [2.24, 2.45) is 0 Å². The van der Waals surface area contributed by atoms with Gasteiger partial charge in [-0.1, -0.05) is 23.7 Å². The van der Waals surface area contributed by atoms with Crippen molar-refractivity contribution in [2.75, 3.05) is 13.6 Å². The van der Waals surface area contributed by atoms with Crippen LogP contribution in [0.1, 0.15) is 37.7 Å². The molecule has 166 valence electrons. The number of hydrogen-bond acceptors (Lipinski definition) is 6. The molecule has 1 aromatic heterocycles. The fourth-order valence-corrected chi connectivity index (χ4v) is 4.61. The molecular weight excluding hydrogens is 438 g/mol. The molecule has 1 N–H and O–H groups in total. The van der Waals surface area contributed by atoms with Gasteiger partial charge in [0.1, 0.15) is 0 Å². The number of unbranched alkanes of at least 4 members (excludes halogenated alkanes) is 1. The van der Waals surface area contributed by atoms with E-state index in [9.17, 15) is 13.2 Å². The largest absolute Gasteiger partial charge is 0.439 e. The van der Waals surface area contributed by atoms with Gasteiger partial charge < -0.3 is 4.74 Å². The monoisotopic (exact) mass is 463 g/mol. The normalized spacial score (nSPS) is 19.5. The second-order valence-corrected chi connectivity index (χ2v) is 9.55. The Morgan fingerprint density at radius 1 is 1.32 bits per heavy atom. The van der Waals surface area contributed by atoms with E-state index in [2.05, 4.69) is 9.71 Å². The van der Waals surface area contributed by atoms with Gasteiger partial charge in [0.2, 0.25) is 0 Å². The van der Waals surface area contributed by atoms with Crippen LogP contribution in [0, 0.1) is 0 Å². The minimum atomic E-state index is -3.64. The molecule has 1 aliphatic heterocycles. The summed E-state index contributed by atoms with van der Waals surface area (Å²) in [4.78, 5) is 18.9. The van der Waals surface area contributed by atoms with E-state index in [0.29, 0.717) is 17.9 Å². The zero-order chi connectivity index (χ0) is 22.3. The number of aromatic nitrogens is 1. The van der Waals surface area contributed by atoms with Gasteiger partial charge in [0.15, 0.2) is 5.72 Å². The predicted octanol–water partition coefficient (Wildman–Crippen LogP) is 3.82. The van der Waals surface area contributed by atoms with Gasteiger partial charge in [-0.3, -0.25) is 19.4 Å². The van der Waals surface area contributed by atoms with Crippen molar-refractivity contribution >= 4 is 27.6 Å². The van der Waals surface area contributed by atoms with Crippen molar-refractivity contribution in [3.8, 4) is 0 Å². The number of carbonyl (C=O) groups is 1. The van der Waals surface area contributed by atoms with E-state index in [1.165, 1.54) is 30.5 Å². The van der Waals surface area contributed by atoms with Crippen LogP contribution in [-0.2, 0) is 25.3 Å². The molecule has 2 aromatic rings. The fourth-order valence-electron chi connectivity index (χ4n) is 3.58. The van der Waals surface area contributed by atoms with E-state index in [-0.39, 0.29) is 17.3 Å². The number of hydrogen-bond donors (Lipinski definition) is 1. The van der Waals surface area contributed by atoms with Crippen LogP contribution in [0.3, 0.4) is 0 Å². The van der Waals surface area contributed by atoms with Gasteiger partial charge in [-0.15, -0.1) is 0 Å². The first kappa shape index (κ1) is 23.2. The Kier molecular flexibility index (Phi) is 7.69. The Morgan fingerprint density at radius 3 is 2.74 bits per heavy atom. The highest BCUT2D eigenvalue weighted by molar-refractivity contribution is 7.89. The number of likely N-dealkylation sites (tertiary alicyclic amines) is 1. The Bertz CT molecular complexity index is 1010. The summed E-state index contributed by atoms with van der Waals surface area (Å²) in [5.41, 5.74) is 0.106. The van der Waals surface area contributed by atoms with Gasteiger partial charge in [-0.2, -0.15) is 0 Å². The number of ether oxygens (including phenoxy) is 1. The average molecular weight is 464 g/mol. The number of nitrogens with one attached hydrogen (secondary N) is 1. The topological polar surface area (TPSA) is 88.6 Å². The van der Waals surface area contributed by atoms with Crippen LogP contribution in [-0.4, -0.2) is 37.9 Å². The summed E-state index contributed by atoms with van der Waals surface area (Å²) in [5.74, 6) is -0.284. The van der Waals surface area contributed by atoms with Crippen molar-refractivity contribution in [1.82, 2.24) is 14.6 Å². The lowest BCUT2D eigenvalue weighted by Gasteiger charge is -2.35. The Hall–Kier alpha value is -2.42. The van der Waals surface area contributed by atoms with Crippen LogP contribution in [0.15, 0.2) is 66.0 Å². The maximum Gasteiger partial charge on any atom is 0.307 e. The third-order valence-corrected chi connectivity index (χ3v) is 6.83. The molecular formula is C22H26ClN3O4S. The highest BCUT2D eigenvalue weighted by Crippen LogP contribution is 2.39. The number of halogens is 1. The molecule has 1 aliphatic rings. The first-order chi connectivity index (χ1) is 14.8. The van der Waals surface area contributed by atoms with Gasteiger partial charge in [-0.25, -0.2) is 8.42 Å². The van der Waals surface area contributed by atoms with E-state index in [4.69, 9.17) is 16.3 Å². The number of rotatable bonds is 9. The standard InChI is InChI=1S/C22H26ClN3O4S/c1-26-16-6-13-22(26,18-7-5-14-24-17-18)30-21(27)8-3-2-4-15-25-31(28,29)20-11-9-19(23)10-12-20/h4-5,7,9-12,14-15,17,25H,2-3,6,8,13,16H2,1H3. The Balaban J connectivity index is 1.48. The average Bonchev–Trinajstić information content (AvgIpc) is 3.12. The number of sulfonamides is 1. The van der Waals surface area contributed by atoms with Gasteiger partial charge in [0.25, 0.3) is 10.0 Å². The maximum absolute atomic E-state index is 12.5. The number of benzene rings is 1. The van der Waals surface area contributed by atoms with Crippen LogP contribution in [0.5, 0.6) is 0 Å². The van der Waals surface area contributed by atoms with Gasteiger partial charge in [0, 0.05) is 48.6 Å². The summed E-state index contributed by atoms with van der Waals surface area (Å²) >= 11 is 5.78. The fraction of sp³-hybridized carbons (Fsp3) is 0.364. The lowest BCUT2D eigenvalue weighted by Crippen LogP contribution is -2.42. The number of nitrogens with zero attached hydrogens (tertiary/aromatic N) is 2. The zero-order valence-electron chi connectivity index (χ0n) is 17.3. The third kappa shape index (κ3) is 5.84. The summed E-state index contributed by atoms with van der Waals surface area (Å²) in [6.07, 6.45) is 9.48. The van der Waals surface area contributed by atoms with Crippen molar-refractivity contribution in [3.05, 3.63) is 71.7 Å². The highest BCUT2D eigenvalue weighted by atomic mass is 35.5. The summed E-state index contributed by atoms with van der Waals surface area (Å²) < 4.78 is 32.7. The maximum atomic E-state index is 12.5. The quantitative estimate of drug-likeness (QED) is 0.449. The molecule has 0 amide bonds.